The third-order valence-corrected chi connectivity index (χ3v) is 6.57. The quantitative estimate of drug-likeness (QED) is 0.800. The summed E-state index contributed by atoms with van der Waals surface area (Å²) in [5.41, 5.74) is -0.555. The molecule has 0 unspecified atom stereocenters. The van der Waals surface area contributed by atoms with Crippen LogP contribution in [0.4, 0.5) is 5.69 Å². The minimum atomic E-state index is -3.51. The molecule has 0 atom stereocenters. The lowest BCUT2D eigenvalue weighted by atomic mass is 9.75. The second kappa shape index (κ2) is 4.74. The van der Waals surface area contributed by atoms with Crippen LogP contribution in [-0.4, -0.2) is 20.1 Å². The van der Waals surface area contributed by atoms with Gasteiger partial charge in [0.1, 0.15) is 0 Å². The fraction of sp³-hybridized carbons (Fsp3) is 0.500. The van der Waals surface area contributed by atoms with Gasteiger partial charge in [0.2, 0.25) is 5.91 Å². The molecule has 1 aromatic rings. The molecule has 1 spiro atoms. The fourth-order valence-electron chi connectivity index (χ4n) is 3.24. The van der Waals surface area contributed by atoms with Gasteiger partial charge in [0.05, 0.1) is 26.8 Å². The number of hydrogen-bond donors (Lipinski definition) is 1. The molecule has 0 bridgehead atoms. The molecular formula is C14H16ClNO3S. The second-order valence-corrected chi connectivity index (χ2v) is 8.03. The maximum absolute atomic E-state index is 12.6. The lowest BCUT2D eigenvalue weighted by Gasteiger charge is -2.33. The summed E-state index contributed by atoms with van der Waals surface area (Å²) in [4.78, 5) is 12.7. The van der Waals surface area contributed by atoms with Crippen molar-refractivity contribution in [2.45, 2.75) is 37.0 Å². The number of fused-ring (bicyclic) bond motifs is 1. The van der Waals surface area contributed by atoms with Gasteiger partial charge in [-0.05, 0) is 25.0 Å². The SMILES string of the molecule is O=C1Nc2c(Cl)cccc2S(=O)(=O)CC12CCCCC2. The molecule has 1 N–H and O–H groups in total. The van der Waals surface area contributed by atoms with Crippen LogP contribution < -0.4 is 5.32 Å². The van der Waals surface area contributed by atoms with Gasteiger partial charge >= 0.3 is 0 Å². The molecule has 0 radical (unpaired) electrons. The van der Waals surface area contributed by atoms with E-state index in [1.807, 2.05) is 0 Å². The first kappa shape index (κ1) is 13.9. The molecule has 20 heavy (non-hydrogen) atoms. The van der Waals surface area contributed by atoms with Crippen LogP contribution in [-0.2, 0) is 14.6 Å². The molecule has 0 saturated heterocycles. The molecule has 2 aliphatic rings. The monoisotopic (exact) mass is 313 g/mol. The van der Waals surface area contributed by atoms with E-state index in [0.717, 1.165) is 19.3 Å². The summed E-state index contributed by atoms with van der Waals surface area (Å²) in [6.45, 7) is 0. The van der Waals surface area contributed by atoms with Gasteiger partial charge in [-0.15, -0.1) is 0 Å². The first-order chi connectivity index (χ1) is 9.45. The number of para-hydroxylation sites is 1. The normalized spacial score (nSPS) is 23.8. The van der Waals surface area contributed by atoms with Crippen molar-refractivity contribution in [1.82, 2.24) is 0 Å². The first-order valence-electron chi connectivity index (χ1n) is 6.77. The van der Waals surface area contributed by atoms with E-state index in [1.54, 1.807) is 12.1 Å². The Bertz CT molecular complexity index is 663. The average Bonchev–Trinajstić information content (AvgIpc) is 2.48. The average molecular weight is 314 g/mol. The Kier molecular flexibility index (Phi) is 3.29. The zero-order valence-corrected chi connectivity index (χ0v) is 12.6. The maximum atomic E-state index is 12.6. The highest BCUT2D eigenvalue weighted by atomic mass is 35.5. The number of anilines is 1. The van der Waals surface area contributed by atoms with Crippen molar-refractivity contribution in [3.63, 3.8) is 0 Å². The van der Waals surface area contributed by atoms with Gasteiger partial charge in [0, 0.05) is 0 Å². The van der Waals surface area contributed by atoms with Crippen molar-refractivity contribution in [3.8, 4) is 0 Å². The number of carbonyl (C=O) groups excluding carboxylic acids is 1. The van der Waals surface area contributed by atoms with Crippen LogP contribution in [0.15, 0.2) is 23.1 Å². The summed E-state index contributed by atoms with van der Waals surface area (Å²) in [6, 6.07) is 4.71. The Labute approximate surface area is 123 Å². The van der Waals surface area contributed by atoms with Crippen LogP contribution in [0.25, 0.3) is 0 Å². The van der Waals surface area contributed by atoms with Gasteiger partial charge in [-0.3, -0.25) is 4.79 Å². The highest BCUT2D eigenvalue weighted by Crippen LogP contribution is 2.44. The Morgan fingerprint density at radius 2 is 1.85 bits per heavy atom. The Morgan fingerprint density at radius 3 is 2.55 bits per heavy atom. The van der Waals surface area contributed by atoms with Crippen molar-refractivity contribution >= 4 is 33.0 Å². The molecule has 4 nitrogen and oxygen atoms in total. The minimum Gasteiger partial charge on any atom is -0.323 e. The van der Waals surface area contributed by atoms with Crippen molar-refractivity contribution in [3.05, 3.63) is 23.2 Å². The highest BCUT2D eigenvalue weighted by molar-refractivity contribution is 7.91. The molecule has 108 valence electrons. The molecule has 1 heterocycles. The Morgan fingerprint density at radius 1 is 1.15 bits per heavy atom. The van der Waals surface area contributed by atoms with Gasteiger partial charge in [-0.25, -0.2) is 8.42 Å². The molecule has 3 rings (SSSR count). The van der Waals surface area contributed by atoms with Crippen LogP contribution in [0.1, 0.15) is 32.1 Å². The van der Waals surface area contributed by atoms with E-state index in [9.17, 15) is 13.2 Å². The summed E-state index contributed by atoms with van der Waals surface area (Å²) in [7, 11) is -3.51. The van der Waals surface area contributed by atoms with E-state index in [0.29, 0.717) is 12.8 Å². The summed E-state index contributed by atoms with van der Waals surface area (Å²) >= 11 is 6.06. The summed E-state index contributed by atoms with van der Waals surface area (Å²) in [5.74, 6) is -0.313. The van der Waals surface area contributed by atoms with Crippen molar-refractivity contribution in [1.29, 1.82) is 0 Å². The molecule has 0 aromatic heterocycles. The van der Waals surface area contributed by atoms with Crippen molar-refractivity contribution in [2.24, 2.45) is 5.41 Å². The topological polar surface area (TPSA) is 63.2 Å². The van der Waals surface area contributed by atoms with E-state index in [1.165, 1.54) is 6.07 Å². The van der Waals surface area contributed by atoms with Crippen LogP contribution in [0.3, 0.4) is 0 Å². The number of carbonyl (C=O) groups is 1. The number of sulfone groups is 1. The molecule has 6 heteroatoms. The lowest BCUT2D eigenvalue weighted by molar-refractivity contribution is -0.126. The number of hydrogen-bond acceptors (Lipinski definition) is 3. The third-order valence-electron chi connectivity index (χ3n) is 4.31. The molecule has 1 aliphatic carbocycles. The van der Waals surface area contributed by atoms with Crippen molar-refractivity contribution < 1.29 is 13.2 Å². The Balaban J connectivity index is 2.15. The Hall–Kier alpha value is -1.07. The van der Waals surface area contributed by atoms with Crippen LogP contribution in [0.2, 0.25) is 5.02 Å². The zero-order chi connectivity index (χ0) is 14.4. The van der Waals surface area contributed by atoms with Gasteiger partial charge in [0.25, 0.3) is 0 Å². The molecule has 1 aromatic carbocycles. The second-order valence-electron chi connectivity index (χ2n) is 5.67. The van der Waals surface area contributed by atoms with E-state index in [-0.39, 0.29) is 27.3 Å². The number of rotatable bonds is 0. The smallest absolute Gasteiger partial charge is 0.231 e. The molecule has 1 fully saturated rings. The molecule has 1 amide bonds. The minimum absolute atomic E-state index is 0.112. The summed E-state index contributed by atoms with van der Waals surface area (Å²) in [5, 5.41) is 3.03. The molecular weight excluding hydrogens is 298 g/mol. The lowest BCUT2D eigenvalue weighted by Crippen LogP contribution is -2.41. The number of amides is 1. The summed E-state index contributed by atoms with van der Waals surface area (Å²) < 4.78 is 25.2. The molecule has 1 saturated carbocycles. The predicted molar refractivity (Wildman–Crippen MR) is 77.7 cm³/mol. The highest BCUT2D eigenvalue weighted by Gasteiger charge is 2.46. The van der Waals surface area contributed by atoms with Crippen molar-refractivity contribution in [2.75, 3.05) is 11.1 Å². The number of benzene rings is 1. The largest absolute Gasteiger partial charge is 0.323 e. The number of halogens is 1. The van der Waals surface area contributed by atoms with Crippen LogP contribution in [0.5, 0.6) is 0 Å². The van der Waals surface area contributed by atoms with Gasteiger partial charge in [0.15, 0.2) is 9.84 Å². The van der Waals surface area contributed by atoms with Crippen LogP contribution >= 0.6 is 11.6 Å². The van der Waals surface area contributed by atoms with Gasteiger partial charge in [-0.2, -0.15) is 0 Å². The van der Waals surface area contributed by atoms with Crippen LogP contribution in [0, 0.1) is 5.41 Å². The predicted octanol–water partition coefficient (Wildman–Crippen LogP) is 3.02. The first-order valence-corrected chi connectivity index (χ1v) is 8.80. The van der Waals surface area contributed by atoms with Gasteiger partial charge < -0.3 is 5.32 Å². The fourth-order valence-corrected chi connectivity index (χ4v) is 5.58. The van der Waals surface area contributed by atoms with E-state index < -0.39 is 15.3 Å². The maximum Gasteiger partial charge on any atom is 0.231 e. The summed E-state index contributed by atoms with van der Waals surface area (Å²) in [6.07, 6.45) is 4.11. The number of nitrogens with one attached hydrogen (secondary N) is 1. The third kappa shape index (κ3) is 2.13. The van der Waals surface area contributed by atoms with Gasteiger partial charge in [-0.1, -0.05) is 36.9 Å². The molecule has 1 aliphatic heterocycles. The van der Waals surface area contributed by atoms with E-state index in [2.05, 4.69) is 5.32 Å². The standard InChI is InChI=1S/C14H16ClNO3S/c15-10-5-4-6-11-12(10)16-13(17)14(9-20(11,18)19)7-2-1-3-8-14/h4-6H,1-3,7-9H2,(H,16,17). The van der Waals surface area contributed by atoms with E-state index in [4.69, 9.17) is 11.6 Å². The van der Waals surface area contributed by atoms with E-state index >= 15 is 0 Å². The zero-order valence-electron chi connectivity index (χ0n) is 11.0.